The third-order valence-electron chi connectivity index (χ3n) is 3.08. The molecule has 0 saturated heterocycles. The molecular formula is C12H17N4O4S2+. The fourth-order valence-corrected chi connectivity index (χ4v) is 3.17. The first-order chi connectivity index (χ1) is 10.3. The zero-order valence-electron chi connectivity index (χ0n) is 12.2. The number of thiazole rings is 1. The minimum atomic E-state index is -4.39. The van der Waals surface area contributed by atoms with Gasteiger partial charge in [0.25, 0.3) is 0 Å². The van der Waals surface area contributed by atoms with Crippen molar-refractivity contribution in [3.8, 4) is 0 Å². The Morgan fingerprint density at radius 1 is 1.45 bits per heavy atom. The Balaban J connectivity index is 2.07. The van der Waals surface area contributed by atoms with Crippen molar-refractivity contribution in [2.75, 3.05) is 12.3 Å². The molecule has 120 valence electrons. The summed E-state index contributed by atoms with van der Waals surface area (Å²) in [5.74, 6) is 1.07. The number of nitrogens with two attached hydrogens (primary N) is 1. The van der Waals surface area contributed by atoms with Gasteiger partial charge in [-0.2, -0.15) is 13.0 Å². The number of hydrogen-bond donors (Lipinski definition) is 2. The van der Waals surface area contributed by atoms with E-state index < -0.39 is 10.4 Å². The summed E-state index contributed by atoms with van der Waals surface area (Å²) in [5.41, 5.74) is 9.59. The summed E-state index contributed by atoms with van der Waals surface area (Å²) in [6.07, 6.45) is 2.09. The molecule has 0 atom stereocenters. The summed E-state index contributed by atoms with van der Waals surface area (Å²) < 4.78 is 35.9. The Morgan fingerprint density at radius 3 is 2.82 bits per heavy atom. The Labute approximate surface area is 132 Å². The van der Waals surface area contributed by atoms with E-state index >= 15 is 0 Å². The third-order valence-corrected chi connectivity index (χ3v) is 4.69. The van der Waals surface area contributed by atoms with Crippen molar-refractivity contribution in [1.82, 2.24) is 9.97 Å². The maximum Gasteiger partial charge on any atom is 0.397 e. The molecule has 0 aromatic carbocycles. The second kappa shape index (κ2) is 6.65. The molecular weight excluding hydrogens is 328 g/mol. The van der Waals surface area contributed by atoms with E-state index in [1.165, 1.54) is 11.3 Å². The average Bonchev–Trinajstić information content (AvgIpc) is 2.73. The van der Waals surface area contributed by atoms with Crippen LogP contribution in [-0.2, 0) is 27.5 Å². The molecule has 10 heteroatoms. The van der Waals surface area contributed by atoms with Gasteiger partial charge in [-0.05, 0) is 6.92 Å². The molecule has 0 unspecified atom stereocenters. The van der Waals surface area contributed by atoms with Crippen LogP contribution in [0.5, 0.6) is 0 Å². The van der Waals surface area contributed by atoms with E-state index in [-0.39, 0.29) is 6.61 Å². The number of nitrogen functional groups attached to an aromatic ring is 1. The standard InChI is InChI=1S/C12H16N4O4S2/c1-8-11(3-4-20-22(17,18)19)21-7-16(8)6-10-5-14-9(2)15-12(10)13/h5,7H,3-4,6H2,1-2H3,(H2-,13,14,15,17,18,19)/p+1. The quantitative estimate of drug-likeness (QED) is 0.575. The Morgan fingerprint density at radius 2 is 2.18 bits per heavy atom. The monoisotopic (exact) mass is 345 g/mol. The zero-order chi connectivity index (χ0) is 16.3. The van der Waals surface area contributed by atoms with E-state index in [9.17, 15) is 8.42 Å². The molecule has 3 N–H and O–H groups in total. The van der Waals surface area contributed by atoms with E-state index in [0.29, 0.717) is 24.6 Å². The Kier molecular flexibility index (Phi) is 5.06. The van der Waals surface area contributed by atoms with Gasteiger partial charge in [0, 0.05) is 19.5 Å². The van der Waals surface area contributed by atoms with Gasteiger partial charge < -0.3 is 5.73 Å². The van der Waals surface area contributed by atoms with Crippen LogP contribution in [0.2, 0.25) is 0 Å². The normalized spacial score (nSPS) is 11.8. The number of anilines is 1. The van der Waals surface area contributed by atoms with Crippen molar-refractivity contribution >= 4 is 27.6 Å². The summed E-state index contributed by atoms with van der Waals surface area (Å²) in [6.45, 7) is 4.13. The molecule has 0 aliphatic heterocycles. The molecule has 0 aliphatic carbocycles. The van der Waals surface area contributed by atoms with Gasteiger partial charge in [0.05, 0.1) is 17.0 Å². The van der Waals surface area contributed by atoms with Crippen molar-refractivity contribution in [3.63, 3.8) is 0 Å². The van der Waals surface area contributed by atoms with Crippen molar-refractivity contribution in [1.29, 1.82) is 0 Å². The van der Waals surface area contributed by atoms with Crippen LogP contribution in [0, 0.1) is 13.8 Å². The minimum absolute atomic E-state index is 0.101. The first-order valence-corrected chi connectivity index (χ1v) is 8.67. The zero-order valence-corrected chi connectivity index (χ0v) is 13.8. The van der Waals surface area contributed by atoms with Crippen molar-refractivity contribution in [2.24, 2.45) is 0 Å². The van der Waals surface area contributed by atoms with Crippen molar-refractivity contribution in [2.45, 2.75) is 26.8 Å². The Bertz CT molecular complexity index is 773. The second-order valence-corrected chi connectivity index (χ2v) is 6.72. The molecule has 2 aromatic rings. The van der Waals surface area contributed by atoms with E-state index in [1.807, 2.05) is 17.0 Å². The Hall–Kier alpha value is -1.62. The molecule has 2 rings (SSSR count). The molecule has 2 aromatic heterocycles. The van der Waals surface area contributed by atoms with Gasteiger partial charge in [-0.15, -0.1) is 0 Å². The lowest BCUT2D eigenvalue weighted by molar-refractivity contribution is -0.689. The molecule has 2 heterocycles. The first kappa shape index (κ1) is 16.7. The van der Waals surface area contributed by atoms with Crippen molar-refractivity contribution < 1.29 is 21.7 Å². The highest BCUT2D eigenvalue weighted by Crippen LogP contribution is 2.14. The summed E-state index contributed by atoms with van der Waals surface area (Å²) in [4.78, 5) is 9.23. The fraction of sp³-hybridized carbons (Fsp3) is 0.417. The molecule has 0 fully saturated rings. The predicted octanol–water partition coefficient (Wildman–Crippen LogP) is 0.435. The molecule has 0 aliphatic rings. The largest absolute Gasteiger partial charge is 0.397 e. The number of hydrogen-bond acceptors (Lipinski definition) is 7. The molecule has 22 heavy (non-hydrogen) atoms. The van der Waals surface area contributed by atoms with Gasteiger partial charge >= 0.3 is 10.4 Å². The van der Waals surface area contributed by atoms with Crippen LogP contribution in [-0.4, -0.2) is 29.5 Å². The number of rotatable bonds is 6. The number of nitrogens with zero attached hydrogens (tertiary/aromatic N) is 3. The van der Waals surface area contributed by atoms with Crippen LogP contribution < -0.4 is 10.3 Å². The molecule has 0 saturated carbocycles. The van der Waals surface area contributed by atoms with Gasteiger partial charge in [0.1, 0.15) is 11.6 Å². The highest BCUT2D eigenvalue weighted by Gasteiger charge is 2.18. The SMILES string of the molecule is Cc1ncc(C[n+]2csc(CCOS(=O)(=O)O)c2C)c(N)n1. The summed E-state index contributed by atoms with van der Waals surface area (Å²) in [5, 5.41) is 0. The number of aryl methyl sites for hydroxylation is 1. The van der Waals surface area contributed by atoms with Gasteiger partial charge in [0.2, 0.25) is 5.51 Å². The fourth-order valence-electron chi connectivity index (χ4n) is 1.90. The first-order valence-electron chi connectivity index (χ1n) is 6.42. The van der Waals surface area contributed by atoms with Crippen LogP contribution in [0.15, 0.2) is 11.7 Å². The van der Waals surface area contributed by atoms with E-state index in [0.717, 1.165) is 16.1 Å². The summed E-state index contributed by atoms with van der Waals surface area (Å²) in [7, 11) is -4.39. The molecule has 0 spiro atoms. The highest BCUT2D eigenvalue weighted by atomic mass is 32.3. The minimum Gasteiger partial charge on any atom is -0.383 e. The second-order valence-electron chi connectivity index (χ2n) is 4.69. The van der Waals surface area contributed by atoms with Crippen LogP contribution in [0.25, 0.3) is 0 Å². The topological polar surface area (TPSA) is 119 Å². The molecule has 8 nitrogen and oxygen atoms in total. The predicted molar refractivity (Wildman–Crippen MR) is 80.7 cm³/mol. The summed E-state index contributed by atoms with van der Waals surface area (Å²) in [6, 6.07) is 0. The van der Waals surface area contributed by atoms with Crippen LogP contribution in [0.1, 0.15) is 22.0 Å². The maximum absolute atomic E-state index is 10.5. The van der Waals surface area contributed by atoms with Crippen LogP contribution in [0.4, 0.5) is 5.82 Å². The van der Waals surface area contributed by atoms with Crippen molar-refractivity contribution in [3.05, 3.63) is 33.7 Å². The van der Waals surface area contributed by atoms with E-state index in [2.05, 4.69) is 14.2 Å². The average molecular weight is 345 g/mol. The van der Waals surface area contributed by atoms with Crippen LogP contribution in [0.3, 0.4) is 0 Å². The lowest BCUT2D eigenvalue weighted by atomic mass is 10.2. The maximum atomic E-state index is 10.5. The van der Waals surface area contributed by atoms with Gasteiger partial charge in [-0.25, -0.2) is 14.2 Å². The van der Waals surface area contributed by atoms with E-state index in [1.54, 1.807) is 13.1 Å². The van der Waals surface area contributed by atoms with Gasteiger partial charge in [0.15, 0.2) is 12.2 Å². The lowest BCUT2D eigenvalue weighted by Crippen LogP contribution is -2.35. The lowest BCUT2D eigenvalue weighted by Gasteiger charge is -2.02. The van der Waals surface area contributed by atoms with E-state index in [4.69, 9.17) is 10.3 Å². The number of aromatic nitrogens is 3. The van der Waals surface area contributed by atoms with Crippen LogP contribution >= 0.6 is 11.3 Å². The molecule has 0 amide bonds. The molecule has 0 radical (unpaired) electrons. The third kappa shape index (κ3) is 4.44. The van der Waals surface area contributed by atoms with Gasteiger partial charge in [-0.3, -0.25) is 4.55 Å². The summed E-state index contributed by atoms with van der Waals surface area (Å²) >= 11 is 1.48. The smallest absolute Gasteiger partial charge is 0.383 e. The molecule has 0 bridgehead atoms. The van der Waals surface area contributed by atoms with Gasteiger partial charge in [-0.1, -0.05) is 11.3 Å². The highest BCUT2D eigenvalue weighted by molar-refractivity contribution is 7.80.